The van der Waals surface area contributed by atoms with Gasteiger partial charge in [-0.3, -0.25) is 0 Å². The number of benzene rings is 1. The molecule has 19 heavy (non-hydrogen) atoms. The molecule has 3 N–H and O–H groups in total. The van der Waals surface area contributed by atoms with Crippen molar-refractivity contribution < 1.29 is 18.3 Å². The van der Waals surface area contributed by atoms with Crippen LogP contribution >= 0.6 is 11.6 Å². The highest BCUT2D eigenvalue weighted by atomic mass is 35.5. The Labute approximate surface area is 115 Å². The van der Waals surface area contributed by atoms with E-state index in [9.17, 15) is 18.3 Å². The summed E-state index contributed by atoms with van der Waals surface area (Å²) in [7, 11) is 0. The molecule has 0 unspecified atom stereocenters. The van der Waals surface area contributed by atoms with Gasteiger partial charge in [0.25, 0.3) is 0 Å². The fraction of sp³-hybridized carbons (Fsp3) is 0.538. The van der Waals surface area contributed by atoms with E-state index in [-0.39, 0.29) is 5.56 Å². The maximum absolute atomic E-state index is 12.7. The molecule has 0 amide bonds. The van der Waals surface area contributed by atoms with E-state index in [1.165, 1.54) is 12.1 Å². The van der Waals surface area contributed by atoms with Crippen molar-refractivity contribution in [2.24, 2.45) is 5.73 Å². The van der Waals surface area contributed by atoms with E-state index in [2.05, 4.69) is 0 Å². The third-order valence-corrected chi connectivity index (χ3v) is 3.38. The molecule has 0 spiro atoms. The Morgan fingerprint density at radius 1 is 1.37 bits per heavy atom. The van der Waals surface area contributed by atoms with Crippen LogP contribution in [0, 0.1) is 0 Å². The number of aliphatic hydroxyl groups is 1. The Kier molecular flexibility index (Phi) is 5.64. The average Bonchev–Trinajstić information content (AvgIpc) is 2.34. The molecule has 0 aliphatic heterocycles. The molecule has 0 saturated carbocycles. The Morgan fingerprint density at radius 3 is 2.53 bits per heavy atom. The highest BCUT2D eigenvalue weighted by Gasteiger charge is 2.35. The summed E-state index contributed by atoms with van der Waals surface area (Å²) in [6, 6.07) is 2.64. The summed E-state index contributed by atoms with van der Waals surface area (Å²) in [4.78, 5) is 0. The van der Waals surface area contributed by atoms with Crippen LogP contribution in [0.4, 0.5) is 13.2 Å². The largest absolute Gasteiger partial charge is 0.417 e. The molecule has 0 heterocycles. The van der Waals surface area contributed by atoms with E-state index in [1.807, 2.05) is 6.92 Å². The van der Waals surface area contributed by atoms with Gasteiger partial charge >= 0.3 is 6.18 Å². The van der Waals surface area contributed by atoms with Crippen molar-refractivity contribution in [3.63, 3.8) is 0 Å². The quantitative estimate of drug-likeness (QED) is 0.865. The normalized spacial score (nSPS) is 15.3. The second kappa shape index (κ2) is 6.59. The highest BCUT2D eigenvalue weighted by molar-refractivity contribution is 6.32. The SMILES string of the molecule is CCCC[C@@H](O)[C@@H](N)c1cccc(C(F)(F)F)c1Cl. The van der Waals surface area contributed by atoms with Crippen molar-refractivity contribution in [2.45, 2.75) is 44.5 Å². The number of alkyl halides is 3. The summed E-state index contributed by atoms with van der Waals surface area (Å²) in [6.45, 7) is 1.95. The molecule has 2 nitrogen and oxygen atoms in total. The monoisotopic (exact) mass is 295 g/mol. The van der Waals surface area contributed by atoms with Gasteiger partial charge in [0, 0.05) is 0 Å². The van der Waals surface area contributed by atoms with Crippen LogP contribution in [-0.4, -0.2) is 11.2 Å². The molecule has 0 aliphatic carbocycles. The van der Waals surface area contributed by atoms with Crippen LogP contribution in [0.3, 0.4) is 0 Å². The molecular formula is C13H17ClF3NO. The van der Waals surface area contributed by atoms with Crippen LogP contribution in [0.2, 0.25) is 5.02 Å². The minimum absolute atomic E-state index is 0.125. The lowest BCUT2D eigenvalue weighted by Crippen LogP contribution is -2.27. The van der Waals surface area contributed by atoms with E-state index in [0.717, 1.165) is 18.9 Å². The lowest BCUT2D eigenvalue weighted by atomic mass is 9.96. The summed E-state index contributed by atoms with van der Waals surface area (Å²) in [6.07, 6.45) is -3.36. The Balaban J connectivity index is 3.01. The van der Waals surface area contributed by atoms with Gasteiger partial charge in [0.2, 0.25) is 0 Å². The van der Waals surface area contributed by atoms with Crippen molar-refractivity contribution in [1.82, 2.24) is 0 Å². The predicted octanol–water partition coefficient (Wildman–Crippen LogP) is 3.91. The third-order valence-electron chi connectivity index (χ3n) is 2.96. The number of halogens is 4. The minimum Gasteiger partial charge on any atom is -0.391 e. The molecule has 1 aromatic rings. The van der Waals surface area contributed by atoms with Gasteiger partial charge in [-0.05, 0) is 18.1 Å². The molecule has 1 aromatic carbocycles. The second-order valence-corrected chi connectivity index (χ2v) is 4.82. The van der Waals surface area contributed by atoms with E-state index in [0.29, 0.717) is 6.42 Å². The van der Waals surface area contributed by atoms with Crippen molar-refractivity contribution in [3.8, 4) is 0 Å². The lowest BCUT2D eigenvalue weighted by Gasteiger charge is -2.21. The van der Waals surface area contributed by atoms with Gasteiger partial charge in [0.1, 0.15) is 0 Å². The van der Waals surface area contributed by atoms with E-state index in [1.54, 1.807) is 0 Å². The molecule has 0 aliphatic rings. The van der Waals surface area contributed by atoms with E-state index in [4.69, 9.17) is 17.3 Å². The van der Waals surface area contributed by atoms with Gasteiger partial charge < -0.3 is 10.8 Å². The van der Waals surface area contributed by atoms with Crippen LogP contribution < -0.4 is 5.73 Å². The zero-order valence-electron chi connectivity index (χ0n) is 10.5. The number of nitrogens with two attached hydrogens (primary N) is 1. The first-order chi connectivity index (χ1) is 8.79. The molecule has 6 heteroatoms. The summed E-state index contributed by atoms with van der Waals surface area (Å²) in [5.41, 5.74) is 4.99. The Hall–Kier alpha value is -0.780. The van der Waals surface area contributed by atoms with Gasteiger partial charge in [0.15, 0.2) is 0 Å². The first-order valence-electron chi connectivity index (χ1n) is 6.08. The van der Waals surface area contributed by atoms with Crippen LogP contribution in [0.15, 0.2) is 18.2 Å². The molecule has 0 aromatic heterocycles. The predicted molar refractivity (Wildman–Crippen MR) is 68.9 cm³/mol. The molecule has 0 radical (unpaired) electrons. The van der Waals surface area contributed by atoms with E-state index >= 15 is 0 Å². The van der Waals surface area contributed by atoms with Gasteiger partial charge in [-0.2, -0.15) is 13.2 Å². The number of hydrogen-bond acceptors (Lipinski definition) is 2. The summed E-state index contributed by atoms with van der Waals surface area (Å²) >= 11 is 5.76. The van der Waals surface area contributed by atoms with Crippen LogP contribution in [0.1, 0.15) is 43.4 Å². The van der Waals surface area contributed by atoms with Gasteiger partial charge in [0.05, 0.1) is 22.7 Å². The van der Waals surface area contributed by atoms with Gasteiger partial charge in [-0.1, -0.05) is 43.5 Å². The lowest BCUT2D eigenvalue weighted by molar-refractivity contribution is -0.137. The smallest absolute Gasteiger partial charge is 0.391 e. The molecule has 0 bridgehead atoms. The first kappa shape index (κ1) is 16.3. The maximum Gasteiger partial charge on any atom is 0.417 e. The molecule has 0 fully saturated rings. The number of hydrogen-bond donors (Lipinski definition) is 2. The molecule has 0 saturated heterocycles. The zero-order valence-corrected chi connectivity index (χ0v) is 11.3. The van der Waals surface area contributed by atoms with Crippen molar-refractivity contribution >= 4 is 11.6 Å². The number of rotatable bonds is 5. The highest BCUT2D eigenvalue weighted by Crippen LogP contribution is 2.38. The summed E-state index contributed by atoms with van der Waals surface area (Å²) in [5, 5.41) is 9.42. The van der Waals surface area contributed by atoms with Crippen LogP contribution in [-0.2, 0) is 6.18 Å². The first-order valence-corrected chi connectivity index (χ1v) is 6.46. The number of unbranched alkanes of at least 4 members (excludes halogenated alkanes) is 1. The molecular weight excluding hydrogens is 279 g/mol. The molecule has 1 rings (SSSR count). The third kappa shape index (κ3) is 4.09. The number of aliphatic hydroxyl groups excluding tert-OH is 1. The Morgan fingerprint density at radius 2 is 2.00 bits per heavy atom. The maximum atomic E-state index is 12.7. The second-order valence-electron chi connectivity index (χ2n) is 4.44. The van der Waals surface area contributed by atoms with Gasteiger partial charge in [-0.25, -0.2) is 0 Å². The standard InChI is InChI=1S/C13H17ClF3NO/c1-2-3-7-10(19)12(18)8-5-4-6-9(11(8)14)13(15,16)17/h4-6,10,12,19H,2-3,7,18H2,1H3/t10-,12+/m1/s1. The van der Waals surface area contributed by atoms with E-state index < -0.39 is 28.9 Å². The minimum atomic E-state index is -4.53. The fourth-order valence-corrected chi connectivity index (χ4v) is 2.19. The fourth-order valence-electron chi connectivity index (χ4n) is 1.83. The Bertz CT molecular complexity index is 423. The van der Waals surface area contributed by atoms with Crippen molar-refractivity contribution in [1.29, 1.82) is 0 Å². The molecule has 108 valence electrons. The van der Waals surface area contributed by atoms with Crippen molar-refractivity contribution in [2.75, 3.05) is 0 Å². The summed E-state index contributed by atoms with van der Waals surface area (Å²) in [5.74, 6) is 0. The molecule has 2 atom stereocenters. The average molecular weight is 296 g/mol. The zero-order chi connectivity index (χ0) is 14.6. The topological polar surface area (TPSA) is 46.2 Å². The van der Waals surface area contributed by atoms with Crippen LogP contribution in [0.5, 0.6) is 0 Å². The van der Waals surface area contributed by atoms with Crippen LogP contribution in [0.25, 0.3) is 0 Å². The van der Waals surface area contributed by atoms with Crippen molar-refractivity contribution in [3.05, 3.63) is 34.3 Å². The van der Waals surface area contributed by atoms with Gasteiger partial charge in [-0.15, -0.1) is 0 Å². The summed E-state index contributed by atoms with van der Waals surface area (Å²) < 4.78 is 38.1.